The van der Waals surface area contributed by atoms with Crippen LogP contribution in [0.2, 0.25) is 0 Å². The van der Waals surface area contributed by atoms with Crippen LogP contribution in [0.15, 0.2) is 11.6 Å². The van der Waals surface area contributed by atoms with E-state index >= 15 is 0 Å². The number of aliphatic hydroxyl groups excluding tert-OH is 5. The molecule has 0 bridgehead atoms. The number of carboxylic acids is 3. The van der Waals surface area contributed by atoms with E-state index in [-0.39, 0.29) is 34.4 Å². The fourth-order valence-electron chi connectivity index (χ4n) is 13.4. The van der Waals surface area contributed by atoms with E-state index in [9.17, 15) is 60.0 Å². The highest BCUT2D eigenvalue weighted by molar-refractivity contribution is 5.95. The molecule has 0 aromatic rings. The molecule has 2 heterocycles. The lowest BCUT2D eigenvalue weighted by molar-refractivity contribution is -0.371. The lowest BCUT2D eigenvalue weighted by Crippen LogP contribution is -2.68. The first-order chi connectivity index (χ1) is 26.8. The molecule has 19 atom stereocenters. The number of allylic oxidation sites excluding steroid dienone is 2. The normalized spacial score (nSPS) is 52.6. The average Bonchev–Trinajstić information content (AvgIpc) is 3.13. The molecule has 58 heavy (non-hydrogen) atoms. The summed E-state index contributed by atoms with van der Waals surface area (Å²) >= 11 is 0. The van der Waals surface area contributed by atoms with Crippen molar-refractivity contribution in [2.45, 2.75) is 174 Å². The van der Waals surface area contributed by atoms with Crippen molar-refractivity contribution in [3.63, 3.8) is 0 Å². The van der Waals surface area contributed by atoms with E-state index in [0.717, 1.165) is 37.7 Å². The first-order valence-electron chi connectivity index (χ1n) is 20.7. The number of ketones is 1. The van der Waals surface area contributed by atoms with Crippen molar-refractivity contribution in [1.29, 1.82) is 0 Å². The Hall–Kier alpha value is -2.54. The first-order valence-corrected chi connectivity index (χ1v) is 20.7. The Morgan fingerprint density at radius 3 is 1.88 bits per heavy atom. The summed E-state index contributed by atoms with van der Waals surface area (Å²) in [6.45, 7) is 14.8. The molecule has 5 aliphatic carbocycles. The van der Waals surface area contributed by atoms with Gasteiger partial charge in [0.05, 0.1) is 11.5 Å². The molecule has 7 rings (SSSR count). The summed E-state index contributed by atoms with van der Waals surface area (Å²) in [4.78, 5) is 51.3. The molecular formula is C42H62O16. The fourth-order valence-corrected chi connectivity index (χ4v) is 13.4. The first kappa shape index (κ1) is 43.5. The largest absolute Gasteiger partial charge is 0.481 e. The third-order valence-electron chi connectivity index (χ3n) is 17.2. The summed E-state index contributed by atoms with van der Waals surface area (Å²) in [7, 11) is 0. The Balaban J connectivity index is 1.17. The van der Waals surface area contributed by atoms with Gasteiger partial charge in [-0.25, -0.2) is 9.59 Å². The summed E-state index contributed by atoms with van der Waals surface area (Å²) in [5.41, 5.74) is -1.81. The van der Waals surface area contributed by atoms with Gasteiger partial charge in [0.2, 0.25) is 0 Å². The smallest absolute Gasteiger partial charge is 0.335 e. The van der Waals surface area contributed by atoms with Crippen molar-refractivity contribution in [2.24, 2.45) is 50.2 Å². The molecule has 4 saturated carbocycles. The van der Waals surface area contributed by atoms with Crippen LogP contribution in [0.1, 0.15) is 106 Å². The Kier molecular flexibility index (Phi) is 10.7. The molecule has 0 radical (unpaired) electrons. The van der Waals surface area contributed by atoms with Crippen molar-refractivity contribution >= 4 is 23.7 Å². The average molecular weight is 823 g/mol. The van der Waals surface area contributed by atoms with Crippen LogP contribution in [0.4, 0.5) is 0 Å². The second kappa shape index (κ2) is 14.3. The van der Waals surface area contributed by atoms with E-state index in [0.29, 0.717) is 25.7 Å². The van der Waals surface area contributed by atoms with Crippen LogP contribution in [0.5, 0.6) is 0 Å². The molecular weight excluding hydrogens is 760 g/mol. The van der Waals surface area contributed by atoms with E-state index in [1.54, 1.807) is 0 Å². The minimum atomic E-state index is -2.05. The van der Waals surface area contributed by atoms with Crippen molar-refractivity contribution in [3.8, 4) is 0 Å². The number of aliphatic carboxylic acids is 3. The molecule has 16 nitrogen and oxygen atoms in total. The highest BCUT2D eigenvalue weighted by Crippen LogP contribution is 2.75. The molecule has 2 saturated heterocycles. The van der Waals surface area contributed by atoms with Gasteiger partial charge >= 0.3 is 17.9 Å². The molecule has 6 fully saturated rings. The van der Waals surface area contributed by atoms with Gasteiger partial charge in [0.15, 0.2) is 30.6 Å². The van der Waals surface area contributed by atoms with Gasteiger partial charge in [0.1, 0.15) is 36.6 Å². The monoisotopic (exact) mass is 822 g/mol. The third-order valence-corrected chi connectivity index (χ3v) is 17.2. The predicted molar refractivity (Wildman–Crippen MR) is 199 cm³/mol. The Bertz CT molecular complexity index is 1730. The maximum absolute atomic E-state index is 14.8. The zero-order chi connectivity index (χ0) is 42.9. The van der Waals surface area contributed by atoms with E-state index in [1.165, 1.54) is 0 Å². The standard InChI is InChI=1S/C42H62O16/c1-37(2)21-8-11-42(7)31(20(43)16-18-19-17-39(4,36(53)54)13-12-38(19,3)14-15-41(18,42)6)40(21,5)10-9-22(37)55-35-30(26(47)25(46)29(57-35)33(51)52)58-34-27(48)23(44)24(45)28(56-34)32(49)50/h16,19,21-31,34-35,44-48H,8-15,17H2,1-7H3,(H,49,50)(H,51,52)(H,53,54)/t19-,21-,22-,23+,24+,25-,26-,27+,28+,29-,30+,31+,34+,35-,38+,39-,40-,41+,42+/m0/s1. The molecule has 7 aliphatic rings. The molecule has 0 unspecified atom stereocenters. The number of carboxylic acid groups (broad SMARTS) is 3. The van der Waals surface area contributed by atoms with Crippen LogP contribution in [-0.4, -0.2) is 132 Å². The zero-order valence-electron chi connectivity index (χ0n) is 34.4. The minimum absolute atomic E-state index is 0.0217. The second-order valence-electron chi connectivity index (χ2n) is 20.6. The SMILES string of the molecule is CC1(C)[C@@H](O[C@H]2O[C@H](C(=O)O)[C@@H](O)[C@H](O)[C@H]2O[C@H]2O[C@@H](C(=O)O)[C@H](O)[C@@H](O)[C@H]2O)CC[C@]2(C)[C@H]3C(=O)C=C4[C@@H]5C[C@@](C)(C(=O)O)CC[C@]5(C)CC[C@@]4(C)[C@]3(C)CC[C@@H]12. The number of aliphatic hydroxyl groups is 5. The van der Waals surface area contributed by atoms with Crippen LogP contribution < -0.4 is 0 Å². The number of hydrogen-bond donors (Lipinski definition) is 8. The van der Waals surface area contributed by atoms with Crippen LogP contribution in [-0.2, 0) is 38.1 Å². The van der Waals surface area contributed by atoms with E-state index in [4.69, 9.17) is 18.9 Å². The Labute approximate surface area is 337 Å². The van der Waals surface area contributed by atoms with Crippen molar-refractivity contribution < 1.29 is 79.0 Å². The topological polar surface area (TPSA) is 267 Å². The minimum Gasteiger partial charge on any atom is -0.481 e. The Morgan fingerprint density at radius 2 is 1.28 bits per heavy atom. The van der Waals surface area contributed by atoms with Crippen molar-refractivity contribution in [3.05, 3.63) is 11.6 Å². The van der Waals surface area contributed by atoms with Crippen LogP contribution in [0, 0.1) is 50.2 Å². The molecule has 0 spiro atoms. The highest BCUT2D eigenvalue weighted by Gasteiger charge is 2.71. The predicted octanol–water partition coefficient (Wildman–Crippen LogP) is 2.25. The highest BCUT2D eigenvalue weighted by atomic mass is 16.8. The molecule has 8 N–H and O–H groups in total. The lowest BCUT2D eigenvalue weighted by atomic mass is 9.33. The van der Waals surface area contributed by atoms with E-state index < -0.39 is 107 Å². The van der Waals surface area contributed by atoms with Gasteiger partial charge in [0, 0.05) is 5.92 Å². The van der Waals surface area contributed by atoms with Gasteiger partial charge in [-0.2, -0.15) is 0 Å². The molecule has 16 heteroatoms. The van der Waals surface area contributed by atoms with Gasteiger partial charge in [0.25, 0.3) is 0 Å². The lowest BCUT2D eigenvalue weighted by Gasteiger charge is -2.70. The number of rotatable bonds is 7. The maximum atomic E-state index is 14.8. The summed E-state index contributed by atoms with van der Waals surface area (Å²) in [5.74, 6) is -4.47. The molecule has 326 valence electrons. The maximum Gasteiger partial charge on any atom is 0.335 e. The second-order valence-corrected chi connectivity index (χ2v) is 20.6. The number of ether oxygens (including phenoxy) is 4. The van der Waals surface area contributed by atoms with Crippen LogP contribution in [0.25, 0.3) is 0 Å². The summed E-state index contributed by atoms with van der Waals surface area (Å²) in [6, 6.07) is 0. The van der Waals surface area contributed by atoms with Gasteiger partial charge in [-0.15, -0.1) is 0 Å². The van der Waals surface area contributed by atoms with Crippen LogP contribution in [0.3, 0.4) is 0 Å². The molecule has 0 amide bonds. The molecule has 2 aliphatic heterocycles. The number of carbonyl (C=O) groups excluding carboxylic acids is 1. The third kappa shape index (κ3) is 6.25. The summed E-state index contributed by atoms with van der Waals surface area (Å²) in [5, 5.41) is 83.0. The number of fused-ring (bicyclic) bond motifs is 7. The van der Waals surface area contributed by atoms with E-state index in [1.807, 2.05) is 26.8 Å². The van der Waals surface area contributed by atoms with Gasteiger partial charge < -0.3 is 59.8 Å². The van der Waals surface area contributed by atoms with Gasteiger partial charge in [-0.1, -0.05) is 47.1 Å². The van der Waals surface area contributed by atoms with Crippen molar-refractivity contribution in [1.82, 2.24) is 0 Å². The quantitative estimate of drug-likeness (QED) is 0.171. The van der Waals surface area contributed by atoms with Crippen LogP contribution >= 0.6 is 0 Å². The van der Waals surface area contributed by atoms with Gasteiger partial charge in [-0.05, 0) is 110 Å². The van der Waals surface area contributed by atoms with Gasteiger partial charge in [-0.3, -0.25) is 9.59 Å². The summed E-state index contributed by atoms with van der Waals surface area (Å²) in [6.07, 6.45) is -12.2. The molecule has 0 aromatic carbocycles. The van der Waals surface area contributed by atoms with Crippen molar-refractivity contribution in [2.75, 3.05) is 0 Å². The number of hydrogen-bond acceptors (Lipinski definition) is 13. The number of carbonyl (C=O) groups is 4. The Morgan fingerprint density at radius 1 is 0.690 bits per heavy atom. The summed E-state index contributed by atoms with van der Waals surface area (Å²) < 4.78 is 23.4. The fraction of sp³-hybridized carbons (Fsp3) is 0.857. The zero-order valence-corrected chi connectivity index (χ0v) is 34.4. The van der Waals surface area contributed by atoms with E-state index in [2.05, 4.69) is 27.7 Å². The molecule has 0 aromatic heterocycles.